The smallest absolute Gasteiger partial charge is 0.348 e. The number of nitrogens with one attached hydrogen (secondary N) is 1. The molecule has 2 aromatic heterocycles. The fourth-order valence-electron chi connectivity index (χ4n) is 2.85. The van der Waals surface area contributed by atoms with E-state index in [9.17, 15) is 28.2 Å². The Bertz CT molecular complexity index is 1470. The summed E-state index contributed by atoms with van der Waals surface area (Å²) in [5.74, 6) is -1.02. The Morgan fingerprint density at radius 1 is 0.853 bits per heavy atom. The Hall–Kier alpha value is -3.55. The third-order valence-corrected chi connectivity index (χ3v) is 7.12. The van der Waals surface area contributed by atoms with E-state index in [2.05, 4.69) is 14.2 Å². The lowest BCUT2D eigenvalue weighted by atomic mass is 10.2. The first-order valence-electron chi connectivity index (χ1n) is 9.35. The Labute approximate surface area is 202 Å². The van der Waals surface area contributed by atoms with Gasteiger partial charge in [0.15, 0.2) is 0 Å². The van der Waals surface area contributed by atoms with Crippen molar-refractivity contribution >= 4 is 76.2 Å². The highest BCUT2D eigenvalue weighted by atomic mass is 32.2. The summed E-state index contributed by atoms with van der Waals surface area (Å²) in [4.78, 5) is 23.5. The standard InChI is InChI=1S/C11H11NO5S2.C10H9NO3S/c1-17-11(14)10-4-6-3-7(12-19(2,15)16)8(13)5-9(6)18-10;1-14-10(13)9-3-5-2-6(11)7(12)4-8(5)15-9/h3-5,12-13H,1-2H3;2-4,12H,11H2,1H3. The van der Waals surface area contributed by atoms with Crippen molar-refractivity contribution < 1.29 is 37.7 Å². The van der Waals surface area contributed by atoms with Gasteiger partial charge in [-0.2, -0.15) is 0 Å². The number of fused-ring (bicyclic) bond motifs is 2. The molecule has 10 nitrogen and oxygen atoms in total. The molecule has 0 aliphatic rings. The molecule has 0 amide bonds. The van der Waals surface area contributed by atoms with Crippen molar-refractivity contribution in [1.82, 2.24) is 0 Å². The zero-order chi connectivity index (χ0) is 25.2. The number of thiophene rings is 2. The van der Waals surface area contributed by atoms with Gasteiger partial charge in [-0.25, -0.2) is 18.0 Å². The van der Waals surface area contributed by atoms with Gasteiger partial charge >= 0.3 is 11.9 Å². The number of phenols is 2. The number of carbonyl (C=O) groups excluding carboxylic acids is 2. The Morgan fingerprint density at radius 3 is 1.79 bits per heavy atom. The highest BCUT2D eigenvalue weighted by Crippen LogP contribution is 2.35. The number of ether oxygens (including phenoxy) is 2. The lowest BCUT2D eigenvalue weighted by molar-refractivity contribution is 0.0597. The minimum atomic E-state index is -3.48. The van der Waals surface area contributed by atoms with Gasteiger partial charge in [-0.05, 0) is 47.2 Å². The Balaban J connectivity index is 0.000000196. The van der Waals surface area contributed by atoms with Crippen LogP contribution in [0.1, 0.15) is 19.3 Å². The van der Waals surface area contributed by atoms with Crippen LogP contribution in [0.15, 0.2) is 36.4 Å². The van der Waals surface area contributed by atoms with Gasteiger partial charge < -0.3 is 25.4 Å². The summed E-state index contributed by atoms with van der Waals surface area (Å²) >= 11 is 2.42. The molecule has 0 atom stereocenters. The molecule has 5 N–H and O–H groups in total. The van der Waals surface area contributed by atoms with Crippen LogP contribution in [-0.4, -0.2) is 51.0 Å². The van der Waals surface area contributed by atoms with E-state index in [4.69, 9.17) is 5.73 Å². The highest BCUT2D eigenvalue weighted by Gasteiger charge is 2.14. The molecule has 4 rings (SSSR count). The van der Waals surface area contributed by atoms with E-state index in [0.717, 1.165) is 27.7 Å². The first-order chi connectivity index (χ1) is 15.9. The summed E-state index contributed by atoms with van der Waals surface area (Å²) in [6.07, 6.45) is 0.990. The predicted octanol–water partition coefficient (Wildman–Crippen LogP) is 3.74. The molecule has 34 heavy (non-hydrogen) atoms. The van der Waals surface area contributed by atoms with E-state index < -0.39 is 16.0 Å². The lowest BCUT2D eigenvalue weighted by Crippen LogP contribution is -2.09. The molecule has 0 fully saturated rings. The van der Waals surface area contributed by atoms with Crippen LogP contribution >= 0.6 is 22.7 Å². The molecule has 0 saturated carbocycles. The van der Waals surface area contributed by atoms with E-state index in [1.54, 1.807) is 24.3 Å². The van der Waals surface area contributed by atoms with Crippen LogP contribution in [0, 0.1) is 0 Å². The predicted molar refractivity (Wildman–Crippen MR) is 133 cm³/mol. The van der Waals surface area contributed by atoms with Gasteiger partial charge in [-0.3, -0.25) is 4.72 Å². The summed E-state index contributed by atoms with van der Waals surface area (Å²) in [6.45, 7) is 0. The molecule has 0 saturated heterocycles. The first-order valence-corrected chi connectivity index (χ1v) is 12.9. The van der Waals surface area contributed by atoms with Crippen molar-refractivity contribution in [2.24, 2.45) is 0 Å². The molecule has 0 aliphatic carbocycles. The number of phenolic OH excluding ortho intramolecular Hbond substituents is 2. The van der Waals surface area contributed by atoms with Crippen LogP contribution in [0.5, 0.6) is 11.5 Å². The Kier molecular flexibility index (Phi) is 7.19. The second kappa shape index (κ2) is 9.75. The molecule has 0 radical (unpaired) electrons. The third kappa shape index (κ3) is 5.68. The monoisotopic (exact) mass is 524 g/mol. The minimum Gasteiger partial charge on any atom is -0.506 e. The van der Waals surface area contributed by atoms with Crippen molar-refractivity contribution in [1.29, 1.82) is 0 Å². The van der Waals surface area contributed by atoms with Crippen molar-refractivity contribution in [3.63, 3.8) is 0 Å². The van der Waals surface area contributed by atoms with Crippen LogP contribution in [0.25, 0.3) is 20.2 Å². The van der Waals surface area contributed by atoms with Crippen LogP contribution < -0.4 is 10.5 Å². The topological polar surface area (TPSA) is 165 Å². The SMILES string of the molecule is COC(=O)c1cc2cc(N)c(O)cc2s1.COC(=O)c1cc2cc(NS(C)(=O)=O)c(O)cc2s1. The van der Waals surface area contributed by atoms with E-state index in [1.807, 2.05) is 0 Å². The molecule has 0 bridgehead atoms. The summed E-state index contributed by atoms with van der Waals surface area (Å²) in [7, 11) is -0.870. The van der Waals surface area contributed by atoms with E-state index in [1.165, 1.54) is 37.7 Å². The van der Waals surface area contributed by atoms with Gasteiger partial charge in [0.2, 0.25) is 10.0 Å². The lowest BCUT2D eigenvalue weighted by Gasteiger charge is -2.06. The normalized spacial score (nSPS) is 11.0. The average molecular weight is 525 g/mol. The number of methoxy groups -OCH3 is 2. The van der Waals surface area contributed by atoms with Gasteiger partial charge in [-0.1, -0.05) is 0 Å². The number of nitrogen functional groups attached to an aromatic ring is 1. The van der Waals surface area contributed by atoms with Crippen LogP contribution in [-0.2, 0) is 19.5 Å². The van der Waals surface area contributed by atoms with Gasteiger partial charge in [-0.15, -0.1) is 22.7 Å². The highest BCUT2D eigenvalue weighted by molar-refractivity contribution is 7.92. The molecule has 180 valence electrons. The number of aromatic hydroxyl groups is 2. The molecule has 0 spiro atoms. The maximum Gasteiger partial charge on any atom is 0.348 e. The molecule has 2 heterocycles. The third-order valence-electron chi connectivity index (χ3n) is 4.37. The number of sulfonamides is 1. The van der Waals surface area contributed by atoms with E-state index in [-0.39, 0.29) is 23.2 Å². The van der Waals surface area contributed by atoms with Crippen LogP contribution in [0.3, 0.4) is 0 Å². The zero-order valence-electron chi connectivity index (χ0n) is 18.1. The number of benzene rings is 2. The van der Waals surface area contributed by atoms with Gasteiger partial charge in [0.05, 0.1) is 31.9 Å². The van der Waals surface area contributed by atoms with E-state index in [0.29, 0.717) is 25.5 Å². The van der Waals surface area contributed by atoms with Gasteiger partial charge in [0, 0.05) is 9.40 Å². The van der Waals surface area contributed by atoms with Crippen molar-refractivity contribution in [3.8, 4) is 11.5 Å². The zero-order valence-corrected chi connectivity index (χ0v) is 20.6. The maximum atomic E-state index is 11.4. The molecular formula is C21H20N2O8S3. The average Bonchev–Trinajstić information content (AvgIpc) is 3.36. The quantitative estimate of drug-likeness (QED) is 0.177. The second-order valence-electron chi connectivity index (χ2n) is 6.93. The fraction of sp³-hybridized carbons (Fsp3) is 0.143. The number of carbonyl (C=O) groups is 2. The van der Waals surface area contributed by atoms with Crippen LogP contribution in [0.2, 0.25) is 0 Å². The number of hydrogen-bond acceptors (Lipinski definition) is 11. The number of esters is 2. The number of rotatable bonds is 4. The number of nitrogens with two attached hydrogens (primary N) is 1. The van der Waals surface area contributed by atoms with Crippen LogP contribution in [0.4, 0.5) is 11.4 Å². The number of anilines is 2. The summed E-state index contributed by atoms with van der Waals surface area (Å²) < 4.78 is 35.2. The van der Waals surface area contributed by atoms with Crippen molar-refractivity contribution in [3.05, 3.63) is 46.2 Å². The molecule has 4 aromatic rings. The number of hydrogen-bond donors (Lipinski definition) is 4. The van der Waals surface area contributed by atoms with Gasteiger partial charge in [0.25, 0.3) is 0 Å². The summed E-state index contributed by atoms with van der Waals surface area (Å²) in [5, 5.41) is 20.6. The molecule has 0 unspecified atom stereocenters. The minimum absolute atomic E-state index is 0.0285. The first kappa shape index (κ1) is 25.1. The molecular weight excluding hydrogens is 504 g/mol. The van der Waals surface area contributed by atoms with Crippen molar-refractivity contribution in [2.75, 3.05) is 30.9 Å². The van der Waals surface area contributed by atoms with Gasteiger partial charge in [0.1, 0.15) is 21.3 Å². The largest absolute Gasteiger partial charge is 0.506 e. The van der Waals surface area contributed by atoms with E-state index >= 15 is 0 Å². The summed E-state index contributed by atoms with van der Waals surface area (Å²) in [6, 6.07) is 9.32. The molecule has 0 aliphatic heterocycles. The summed E-state index contributed by atoms with van der Waals surface area (Å²) in [5.41, 5.74) is 5.92. The molecule has 2 aromatic carbocycles. The fourth-order valence-corrected chi connectivity index (χ4v) is 5.41. The van der Waals surface area contributed by atoms with Crippen molar-refractivity contribution in [2.45, 2.75) is 0 Å². The second-order valence-corrected chi connectivity index (χ2v) is 10.9. The maximum absolute atomic E-state index is 11.4. The molecule has 13 heteroatoms. The Morgan fingerprint density at radius 2 is 1.32 bits per heavy atom.